The molecule has 2 heterocycles. The molecule has 0 bridgehead atoms. The number of furan rings is 1. The third kappa shape index (κ3) is 4.49. The number of benzene rings is 2. The molecule has 1 saturated heterocycles. The van der Waals surface area contributed by atoms with Gasteiger partial charge in [0.2, 0.25) is 5.91 Å². The highest BCUT2D eigenvalue weighted by Crippen LogP contribution is 2.32. The third-order valence-electron chi connectivity index (χ3n) is 4.65. The first-order chi connectivity index (χ1) is 14.1. The number of amides is 2. The normalized spacial score (nSPS) is 13.7. The molecule has 1 aliphatic rings. The minimum absolute atomic E-state index is 0.0752. The van der Waals surface area contributed by atoms with E-state index in [0.717, 1.165) is 17.1 Å². The Kier molecular flexibility index (Phi) is 5.92. The lowest BCUT2D eigenvalue weighted by Crippen LogP contribution is -2.24. The lowest BCUT2D eigenvalue weighted by molar-refractivity contribution is -0.117. The van der Waals surface area contributed by atoms with Crippen molar-refractivity contribution in [1.82, 2.24) is 0 Å². The highest BCUT2D eigenvalue weighted by molar-refractivity contribution is 7.98. The van der Waals surface area contributed by atoms with Gasteiger partial charge in [0, 0.05) is 23.5 Å². The predicted octanol–water partition coefficient (Wildman–Crippen LogP) is 5.60. The Balaban J connectivity index is 1.48. The molecule has 148 valence electrons. The van der Waals surface area contributed by atoms with Gasteiger partial charge >= 0.3 is 0 Å². The summed E-state index contributed by atoms with van der Waals surface area (Å²) in [7, 11) is 0. The molecule has 2 amide bonds. The van der Waals surface area contributed by atoms with Crippen LogP contribution in [0.1, 0.15) is 29.0 Å². The molecule has 5 nitrogen and oxygen atoms in total. The molecule has 29 heavy (non-hydrogen) atoms. The summed E-state index contributed by atoms with van der Waals surface area (Å²) >= 11 is 7.92. The summed E-state index contributed by atoms with van der Waals surface area (Å²) in [4.78, 5) is 27.3. The summed E-state index contributed by atoms with van der Waals surface area (Å²) < 4.78 is 5.36. The van der Waals surface area contributed by atoms with Crippen LogP contribution in [0, 0.1) is 0 Å². The molecule has 4 rings (SSSR count). The van der Waals surface area contributed by atoms with Gasteiger partial charge in [0.25, 0.3) is 5.91 Å². The number of halogens is 1. The Morgan fingerprint density at radius 3 is 2.76 bits per heavy atom. The summed E-state index contributed by atoms with van der Waals surface area (Å²) in [6.45, 7) is 0.671. The van der Waals surface area contributed by atoms with Crippen molar-refractivity contribution in [2.45, 2.75) is 23.5 Å². The van der Waals surface area contributed by atoms with E-state index in [0.29, 0.717) is 40.7 Å². The summed E-state index contributed by atoms with van der Waals surface area (Å²) in [5.74, 6) is 1.35. The molecule has 0 radical (unpaired) electrons. The van der Waals surface area contributed by atoms with Crippen LogP contribution in [0.4, 0.5) is 11.4 Å². The molecule has 0 aliphatic carbocycles. The summed E-state index contributed by atoms with van der Waals surface area (Å²) in [5.41, 5.74) is 1.85. The zero-order valence-electron chi connectivity index (χ0n) is 15.6. The number of rotatable bonds is 6. The highest BCUT2D eigenvalue weighted by atomic mass is 35.5. The van der Waals surface area contributed by atoms with Gasteiger partial charge in [0.1, 0.15) is 5.76 Å². The monoisotopic (exact) mass is 426 g/mol. The van der Waals surface area contributed by atoms with Gasteiger partial charge in [0.15, 0.2) is 0 Å². The lowest BCUT2D eigenvalue weighted by Gasteiger charge is -2.18. The van der Waals surface area contributed by atoms with Crippen molar-refractivity contribution in [1.29, 1.82) is 0 Å². The van der Waals surface area contributed by atoms with Crippen molar-refractivity contribution >= 4 is 46.6 Å². The predicted molar refractivity (Wildman–Crippen MR) is 116 cm³/mol. The molecule has 1 fully saturated rings. The van der Waals surface area contributed by atoms with E-state index in [2.05, 4.69) is 5.32 Å². The topological polar surface area (TPSA) is 62.6 Å². The molecule has 0 saturated carbocycles. The zero-order valence-corrected chi connectivity index (χ0v) is 17.1. The number of hydrogen-bond acceptors (Lipinski definition) is 4. The first-order valence-corrected chi connectivity index (χ1v) is 10.6. The minimum atomic E-state index is -0.214. The van der Waals surface area contributed by atoms with Crippen LogP contribution in [0.2, 0.25) is 5.02 Å². The maximum atomic E-state index is 12.8. The number of anilines is 2. The number of carbonyl (C=O) groups excluding carboxylic acids is 2. The molecule has 7 heteroatoms. The number of nitrogens with one attached hydrogen (secondary N) is 1. The van der Waals surface area contributed by atoms with Crippen LogP contribution in [-0.4, -0.2) is 18.4 Å². The van der Waals surface area contributed by atoms with Gasteiger partial charge in [-0.1, -0.05) is 23.7 Å². The van der Waals surface area contributed by atoms with Crippen molar-refractivity contribution < 1.29 is 14.0 Å². The Bertz CT molecular complexity index is 1040. The van der Waals surface area contributed by atoms with Gasteiger partial charge in [-0.2, -0.15) is 0 Å². The van der Waals surface area contributed by atoms with Crippen molar-refractivity contribution in [2.75, 3.05) is 16.8 Å². The maximum absolute atomic E-state index is 12.8. The number of thioether (sulfide) groups is 1. The van der Waals surface area contributed by atoms with Crippen LogP contribution >= 0.6 is 23.4 Å². The first kappa shape index (κ1) is 19.6. The largest absolute Gasteiger partial charge is 0.468 e. The van der Waals surface area contributed by atoms with Gasteiger partial charge < -0.3 is 14.6 Å². The van der Waals surface area contributed by atoms with E-state index >= 15 is 0 Å². The minimum Gasteiger partial charge on any atom is -0.468 e. The van der Waals surface area contributed by atoms with Crippen LogP contribution in [0.5, 0.6) is 0 Å². The number of carbonyl (C=O) groups is 2. The van der Waals surface area contributed by atoms with Gasteiger partial charge in [-0.3, -0.25) is 9.59 Å². The molecular formula is C22H19ClN2O3S. The van der Waals surface area contributed by atoms with Crippen LogP contribution < -0.4 is 10.2 Å². The summed E-state index contributed by atoms with van der Waals surface area (Å²) in [5, 5.41) is 3.34. The van der Waals surface area contributed by atoms with Crippen LogP contribution in [0.3, 0.4) is 0 Å². The molecule has 1 aliphatic heterocycles. The van der Waals surface area contributed by atoms with Crippen LogP contribution in [0.25, 0.3) is 0 Å². The average molecular weight is 427 g/mol. The van der Waals surface area contributed by atoms with Crippen LogP contribution in [0.15, 0.2) is 70.2 Å². The molecule has 3 aromatic rings. The summed E-state index contributed by atoms with van der Waals surface area (Å²) in [6, 6.07) is 16.4. The first-order valence-electron chi connectivity index (χ1n) is 9.27. The lowest BCUT2D eigenvalue weighted by atomic mass is 10.2. The molecule has 0 unspecified atom stereocenters. The Labute approximate surface area is 178 Å². The average Bonchev–Trinajstić information content (AvgIpc) is 3.38. The quantitative estimate of drug-likeness (QED) is 0.521. The number of hydrogen-bond donors (Lipinski definition) is 1. The van der Waals surface area contributed by atoms with Crippen molar-refractivity contribution in [3.05, 3.63) is 77.2 Å². The molecular weight excluding hydrogens is 408 g/mol. The summed E-state index contributed by atoms with van der Waals surface area (Å²) in [6.07, 6.45) is 3.01. The second-order valence-corrected chi connectivity index (χ2v) is 8.06. The van der Waals surface area contributed by atoms with E-state index in [-0.39, 0.29) is 11.8 Å². The zero-order chi connectivity index (χ0) is 20.2. The fourth-order valence-electron chi connectivity index (χ4n) is 3.23. The van der Waals surface area contributed by atoms with E-state index in [1.807, 2.05) is 30.3 Å². The van der Waals surface area contributed by atoms with Gasteiger partial charge in [-0.15, -0.1) is 11.8 Å². The highest BCUT2D eigenvalue weighted by Gasteiger charge is 2.23. The Morgan fingerprint density at radius 1 is 1.17 bits per heavy atom. The molecule has 0 atom stereocenters. The molecule has 1 aromatic heterocycles. The van der Waals surface area contributed by atoms with Gasteiger partial charge in [-0.25, -0.2) is 0 Å². The van der Waals surface area contributed by atoms with E-state index < -0.39 is 0 Å². The van der Waals surface area contributed by atoms with E-state index in [4.69, 9.17) is 16.0 Å². The smallest absolute Gasteiger partial charge is 0.256 e. The van der Waals surface area contributed by atoms with Gasteiger partial charge in [-0.05, 0) is 48.9 Å². The number of nitrogens with zero attached hydrogens (tertiary/aromatic N) is 1. The van der Waals surface area contributed by atoms with Gasteiger partial charge in [0.05, 0.1) is 28.3 Å². The van der Waals surface area contributed by atoms with Crippen LogP contribution in [-0.2, 0) is 10.5 Å². The SMILES string of the molecule is O=C(Nc1ccc(N2CCCC2=O)c(Cl)c1)c1ccccc1SCc1ccco1. The molecule has 0 spiro atoms. The van der Waals surface area contributed by atoms with E-state index in [9.17, 15) is 9.59 Å². The fourth-order valence-corrected chi connectivity index (χ4v) is 4.46. The molecule has 1 N–H and O–H groups in total. The standard InChI is InChI=1S/C22H19ClN2O3S/c23-18-13-15(9-10-19(18)25-11-3-8-21(25)26)24-22(27)17-6-1-2-7-20(17)29-14-16-5-4-12-28-16/h1-2,4-7,9-10,12-13H,3,8,11,14H2,(H,24,27). The Hall–Kier alpha value is -2.70. The molecule has 2 aromatic carbocycles. The van der Waals surface area contributed by atoms with Crippen molar-refractivity contribution in [3.8, 4) is 0 Å². The third-order valence-corrected chi connectivity index (χ3v) is 6.05. The van der Waals surface area contributed by atoms with Crippen molar-refractivity contribution in [2.24, 2.45) is 0 Å². The fraction of sp³-hybridized carbons (Fsp3) is 0.182. The van der Waals surface area contributed by atoms with Crippen molar-refractivity contribution in [3.63, 3.8) is 0 Å². The van der Waals surface area contributed by atoms with E-state index in [1.165, 1.54) is 0 Å². The Morgan fingerprint density at radius 2 is 2.03 bits per heavy atom. The second kappa shape index (κ2) is 8.76. The van der Waals surface area contributed by atoms with E-state index in [1.54, 1.807) is 47.2 Å². The second-order valence-electron chi connectivity index (χ2n) is 6.63. The maximum Gasteiger partial charge on any atom is 0.256 e.